The van der Waals surface area contributed by atoms with Gasteiger partial charge in [-0.15, -0.1) is 0 Å². The first-order valence-corrected chi connectivity index (χ1v) is 11.6. The number of amides is 1. The van der Waals surface area contributed by atoms with Crippen LogP contribution in [0.25, 0.3) is 0 Å². The standard InChI is InChI=1S/C23H28N8O4/c1-11(2)13-8-17(30-29-13)26-21-19-15(32)9-16(33)20(19)27-23(28-21)31-7-3-4-14(31)22(35)25-12-5-6-18(34)24-10-12/h5-6,8,10-11,14-16,32-33H,3-4,7,9H2,1-2H3,(H,24,34)(H,25,35)(H2,26,27,28,29,30)/t14-,15-,16+/m1/s1. The van der Waals surface area contributed by atoms with E-state index in [-0.39, 0.29) is 24.1 Å². The topological polar surface area (TPSA) is 172 Å². The highest BCUT2D eigenvalue weighted by Gasteiger charge is 2.38. The molecule has 1 amide bonds. The monoisotopic (exact) mass is 480 g/mol. The summed E-state index contributed by atoms with van der Waals surface area (Å²) in [5, 5.41) is 43.7. The highest BCUT2D eigenvalue weighted by molar-refractivity contribution is 5.97. The number of rotatable bonds is 6. The maximum Gasteiger partial charge on any atom is 0.247 e. The molecule has 4 heterocycles. The van der Waals surface area contributed by atoms with Crippen molar-refractivity contribution in [1.29, 1.82) is 0 Å². The quantitative estimate of drug-likeness (QED) is 0.307. The normalized spacial score (nSPS) is 21.4. The molecule has 35 heavy (non-hydrogen) atoms. The molecule has 184 valence electrons. The van der Waals surface area contributed by atoms with E-state index in [1.807, 2.05) is 19.9 Å². The van der Waals surface area contributed by atoms with Crippen molar-refractivity contribution in [1.82, 2.24) is 25.1 Å². The van der Waals surface area contributed by atoms with Crippen LogP contribution in [0, 0.1) is 0 Å². The summed E-state index contributed by atoms with van der Waals surface area (Å²) in [5.41, 5.74) is 2.19. The number of carbonyl (C=O) groups is 1. The minimum atomic E-state index is -0.939. The summed E-state index contributed by atoms with van der Waals surface area (Å²) >= 11 is 0. The van der Waals surface area contributed by atoms with Crippen LogP contribution in [-0.2, 0) is 4.79 Å². The second kappa shape index (κ2) is 9.12. The summed E-state index contributed by atoms with van der Waals surface area (Å²) < 4.78 is 0. The van der Waals surface area contributed by atoms with Crippen molar-refractivity contribution in [3.8, 4) is 5.88 Å². The summed E-state index contributed by atoms with van der Waals surface area (Å²) in [6.07, 6.45) is 1.01. The Bertz CT molecular complexity index is 1230. The summed E-state index contributed by atoms with van der Waals surface area (Å²) in [7, 11) is 0. The Morgan fingerprint density at radius 2 is 2.06 bits per heavy atom. The van der Waals surface area contributed by atoms with Gasteiger partial charge >= 0.3 is 0 Å². The predicted octanol–water partition coefficient (Wildman–Crippen LogP) is 2.25. The number of aromatic hydroxyl groups is 1. The Morgan fingerprint density at radius 1 is 1.23 bits per heavy atom. The van der Waals surface area contributed by atoms with Gasteiger partial charge in [0.05, 0.1) is 29.8 Å². The van der Waals surface area contributed by atoms with Crippen molar-refractivity contribution in [3.05, 3.63) is 41.3 Å². The molecule has 5 rings (SSSR count). The molecule has 0 spiro atoms. The third kappa shape index (κ3) is 4.49. The van der Waals surface area contributed by atoms with Crippen LogP contribution in [0.3, 0.4) is 0 Å². The average Bonchev–Trinajstić information content (AvgIpc) is 3.55. The van der Waals surface area contributed by atoms with Gasteiger partial charge in [0.25, 0.3) is 0 Å². The van der Waals surface area contributed by atoms with E-state index >= 15 is 0 Å². The van der Waals surface area contributed by atoms with E-state index in [9.17, 15) is 20.1 Å². The first-order valence-electron chi connectivity index (χ1n) is 11.6. The molecule has 1 fully saturated rings. The lowest BCUT2D eigenvalue weighted by Crippen LogP contribution is -2.40. The summed E-state index contributed by atoms with van der Waals surface area (Å²) in [6.45, 7) is 4.65. The van der Waals surface area contributed by atoms with E-state index in [0.29, 0.717) is 47.5 Å². The molecule has 0 radical (unpaired) electrons. The lowest BCUT2D eigenvalue weighted by atomic mass is 10.1. The molecule has 3 aromatic heterocycles. The van der Waals surface area contributed by atoms with E-state index in [0.717, 1.165) is 12.1 Å². The van der Waals surface area contributed by atoms with Gasteiger partial charge in [-0.1, -0.05) is 13.8 Å². The van der Waals surface area contributed by atoms with E-state index in [1.54, 1.807) is 11.0 Å². The molecule has 12 nitrogen and oxygen atoms in total. The molecule has 1 saturated heterocycles. The predicted molar refractivity (Wildman–Crippen MR) is 127 cm³/mol. The number of pyridine rings is 1. The third-order valence-corrected chi connectivity index (χ3v) is 6.35. The zero-order valence-electron chi connectivity index (χ0n) is 19.4. The lowest BCUT2D eigenvalue weighted by Gasteiger charge is -2.25. The van der Waals surface area contributed by atoms with Crippen LogP contribution in [0.2, 0.25) is 0 Å². The Morgan fingerprint density at radius 3 is 2.77 bits per heavy atom. The van der Waals surface area contributed by atoms with E-state index in [4.69, 9.17) is 0 Å². The van der Waals surface area contributed by atoms with E-state index in [2.05, 4.69) is 35.8 Å². The highest BCUT2D eigenvalue weighted by Crippen LogP contribution is 2.43. The number of aromatic amines is 1. The fourth-order valence-corrected chi connectivity index (χ4v) is 4.50. The number of H-pyrrole nitrogens is 1. The van der Waals surface area contributed by atoms with Crippen molar-refractivity contribution in [2.45, 2.75) is 57.3 Å². The summed E-state index contributed by atoms with van der Waals surface area (Å²) in [6, 6.07) is 4.31. The Hall–Kier alpha value is -3.77. The van der Waals surface area contributed by atoms with Crippen molar-refractivity contribution in [2.75, 3.05) is 22.1 Å². The van der Waals surface area contributed by atoms with Gasteiger partial charge in [-0.2, -0.15) is 10.1 Å². The Labute approximate surface area is 201 Å². The second-order valence-electron chi connectivity index (χ2n) is 9.17. The molecule has 0 saturated carbocycles. The SMILES string of the molecule is CC(C)c1cc(Nc2nc(N3CCC[C@@H]3C(=O)Nc3ccc(O)nc3)nc3c2[C@H](O)C[C@@H]3O)n[nH]1. The van der Waals surface area contributed by atoms with Gasteiger partial charge < -0.3 is 30.9 Å². The fourth-order valence-electron chi connectivity index (χ4n) is 4.50. The molecule has 1 aliphatic carbocycles. The minimum Gasteiger partial charge on any atom is -0.493 e. The molecule has 0 unspecified atom stereocenters. The van der Waals surface area contributed by atoms with Gasteiger partial charge in [0.2, 0.25) is 17.7 Å². The smallest absolute Gasteiger partial charge is 0.247 e. The van der Waals surface area contributed by atoms with Gasteiger partial charge in [-0.05, 0) is 24.8 Å². The fraction of sp³-hybridized carbons (Fsp3) is 0.435. The molecular weight excluding hydrogens is 452 g/mol. The third-order valence-electron chi connectivity index (χ3n) is 6.35. The van der Waals surface area contributed by atoms with Crippen LogP contribution in [0.4, 0.5) is 23.3 Å². The zero-order chi connectivity index (χ0) is 24.7. The molecule has 1 aliphatic heterocycles. The molecule has 0 bridgehead atoms. The van der Waals surface area contributed by atoms with Crippen molar-refractivity contribution in [2.24, 2.45) is 0 Å². The van der Waals surface area contributed by atoms with Crippen LogP contribution in [-0.4, -0.2) is 59.0 Å². The molecule has 3 atom stereocenters. The molecular formula is C23H28N8O4. The summed E-state index contributed by atoms with van der Waals surface area (Å²) in [4.78, 5) is 27.9. The van der Waals surface area contributed by atoms with Crippen LogP contribution >= 0.6 is 0 Å². The number of aliphatic hydroxyl groups excluding tert-OH is 2. The van der Waals surface area contributed by atoms with Crippen LogP contribution < -0.4 is 15.5 Å². The largest absolute Gasteiger partial charge is 0.493 e. The Balaban J connectivity index is 1.45. The first kappa shape index (κ1) is 23.0. The lowest BCUT2D eigenvalue weighted by molar-refractivity contribution is -0.117. The van der Waals surface area contributed by atoms with Gasteiger partial charge in [0.15, 0.2) is 5.82 Å². The average molecular weight is 481 g/mol. The van der Waals surface area contributed by atoms with Crippen LogP contribution in [0.15, 0.2) is 24.4 Å². The number of hydrogen-bond donors (Lipinski definition) is 6. The zero-order valence-corrected chi connectivity index (χ0v) is 19.4. The maximum absolute atomic E-state index is 13.1. The number of anilines is 4. The highest BCUT2D eigenvalue weighted by atomic mass is 16.3. The molecule has 12 heteroatoms. The number of hydrogen-bond acceptors (Lipinski definition) is 10. The van der Waals surface area contributed by atoms with Gasteiger partial charge in [0, 0.05) is 36.4 Å². The van der Waals surface area contributed by atoms with Crippen molar-refractivity contribution in [3.63, 3.8) is 0 Å². The maximum atomic E-state index is 13.1. The van der Waals surface area contributed by atoms with Crippen LogP contribution in [0.1, 0.15) is 68.2 Å². The molecule has 3 aromatic rings. The number of fused-ring (bicyclic) bond motifs is 1. The Kier molecular flexibility index (Phi) is 5.99. The van der Waals surface area contributed by atoms with Crippen molar-refractivity contribution >= 4 is 29.2 Å². The van der Waals surface area contributed by atoms with Crippen molar-refractivity contribution < 1.29 is 20.1 Å². The number of aliphatic hydroxyl groups is 2. The molecule has 0 aromatic carbocycles. The molecule has 6 N–H and O–H groups in total. The van der Waals surface area contributed by atoms with Crippen LogP contribution in [0.5, 0.6) is 5.88 Å². The molecule has 2 aliphatic rings. The minimum absolute atomic E-state index is 0.123. The number of nitrogens with zero attached hydrogens (tertiary/aromatic N) is 5. The van der Waals surface area contributed by atoms with E-state index in [1.165, 1.54) is 12.3 Å². The first-order chi connectivity index (χ1) is 16.8. The van der Waals surface area contributed by atoms with Gasteiger partial charge in [-0.3, -0.25) is 9.89 Å². The summed E-state index contributed by atoms with van der Waals surface area (Å²) in [5.74, 6) is 1.05. The number of nitrogens with one attached hydrogen (secondary N) is 3. The van der Waals surface area contributed by atoms with Gasteiger partial charge in [0.1, 0.15) is 11.9 Å². The second-order valence-corrected chi connectivity index (χ2v) is 9.17. The van der Waals surface area contributed by atoms with Gasteiger partial charge in [-0.25, -0.2) is 9.97 Å². The number of aromatic nitrogens is 5. The number of carbonyl (C=O) groups excluding carboxylic acids is 1. The van der Waals surface area contributed by atoms with E-state index < -0.39 is 18.2 Å².